The van der Waals surface area contributed by atoms with E-state index in [0.717, 1.165) is 5.39 Å². The van der Waals surface area contributed by atoms with Crippen LogP contribution in [-0.2, 0) is 4.74 Å². The number of nitrogens with zero attached hydrogens (tertiary/aromatic N) is 2. The molecule has 0 amide bonds. The van der Waals surface area contributed by atoms with E-state index >= 15 is 0 Å². The van der Waals surface area contributed by atoms with Crippen molar-refractivity contribution in [2.75, 3.05) is 0 Å². The van der Waals surface area contributed by atoms with Crippen molar-refractivity contribution in [3.05, 3.63) is 24.4 Å². The van der Waals surface area contributed by atoms with E-state index in [2.05, 4.69) is 4.98 Å². The largest absolute Gasteiger partial charge is 0.526 e. The zero-order chi connectivity index (χ0) is 14.0. The standard InChI is InChI=1S/C12H15BN2O4/c1-12(2,3)18-11(16)15-9(19-13-17)7-8-5-4-6-14-10(8)15/h4-7,13,17H,1-3H3. The fourth-order valence-corrected chi connectivity index (χ4v) is 1.67. The van der Waals surface area contributed by atoms with Crippen LogP contribution in [0.1, 0.15) is 20.8 Å². The second-order valence-electron chi connectivity index (χ2n) is 4.99. The van der Waals surface area contributed by atoms with Gasteiger partial charge >= 0.3 is 13.8 Å². The van der Waals surface area contributed by atoms with Crippen LogP contribution < -0.4 is 4.65 Å². The number of rotatable bonds is 2. The lowest BCUT2D eigenvalue weighted by molar-refractivity contribution is 0.0536. The van der Waals surface area contributed by atoms with Gasteiger partial charge in [-0.3, -0.25) is 0 Å². The minimum absolute atomic E-state index is 0.199. The first-order chi connectivity index (χ1) is 8.92. The van der Waals surface area contributed by atoms with Crippen molar-refractivity contribution in [2.24, 2.45) is 0 Å². The molecule has 6 nitrogen and oxygen atoms in total. The Labute approximate surface area is 111 Å². The molecule has 0 atom stereocenters. The molecule has 0 saturated heterocycles. The van der Waals surface area contributed by atoms with Gasteiger partial charge in [0.1, 0.15) is 5.60 Å². The lowest BCUT2D eigenvalue weighted by Gasteiger charge is -2.20. The van der Waals surface area contributed by atoms with Gasteiger partial charge in [0.15, 0.2) is 11.5 Å². The van der Waals surface area contributed by atoms with Crippen LogP contribution in [0.4, 0.5) is 4.79 Å². The van der Waals surface area contributed by atoms with Crippen molar-refractivity contribution in [1.29, 1.82) is 0 Å². The normalized spacial score (nSPS) is 11.4. The smallest absolute Gasteiger partial charge is 0.505 e. The van der Waals surface area contributed by atoms with Crippen LogP contribution in [0.5, 0.6) is 5.88 Å². The minimum Gasteiger partial charge on any atom is -0.526 e. The van der Waals surface area contributed by atoms with Crippen LogP contribution in [0.25, 0.3) is 11.0 Å². The summed E-state index contributed by atoms with van der Waals surface area (Å²) in [6, 6.07) is 5.18. The summed E-state index contributed by atoms with van der Waals surface area (Å²) in [6.07, 6.45) is 0.982. The first kappa shape index (κ1) is 13.4. The average molecular weight is 262 g/mol. The quantitative estimate of drug-likeness (QED) is 0.829. The summed E-state index contributed by atoms with van der Waals surface area (Å²) >= 11 is 0. The molecule has 2 aromatic rings. The SMILES string of the molecule is CC(C)(C)OC(=O)n1c(OBO)cc2cccnc21. The molecule has 0 radical (unpaired) electrons. The van der Waals surface area contributed by atoms with Crippen LogP contribution >= 0.6 is 0 Å². The molecule has 2 heterocycles. The van der Waals surface area contributed by atoms with Crippen molar-refractivity contribution in [1.82, 2.24) is 9.55 Å². The van der Waals surface area contributed by atoms with Gasteiger partial charge in [0.25, 0.3) is 0 Å². The molecule has 100 valence electrons. The number of pyridine rings is 1. The van der Waals surface area contributed by atoms with E-state index in [0.29, 0.717) is 5.65 Å². The molecular formula is C12H15BN2O4. The summed E-state index contributed by atoms with van der Waals surface area (Å²) in [5, 5.41) is 9.61. The van der Waals surface area contributed by atoms with Crippen molar-refractivity contribution >= 4 is 24.8 Å². The molecule has 0 bridgehead atoms. The second kappa shape index (κ2) is 4.93. The molecule has 0 spiro atoms. The highest BCUT2D eigenvalue weighted by Gasteiger charge is 2.23. The zero-order valence-corrected chi connectivity index (χ0v) is 11.1. The average Bonchev–Trinajstić information content (AvgIpc) is 2.65. The Morgan fingerprint density at radius 2 is 2.21 bits per heavy atom. The highest BCUT2D eigenvalue weighted by atomic mass is 16.6. The molecule has 0 aliphatic heterocycles. The maximum Gasteiger partial charge on any atom is 0.505 e. The summed E-state index contributed by atoms with van der Waals surface area (Å²) < 4.78 is 11.5. The number of fused-ring (bicyclic) bond motifs is 1. The first-order valence-corrected chi connectivity index (χ1v) is 5.86. The molecule has 2 rings (SSSR count). The van der Waals surface area contributed by atoms with E-state index in [1.165, 1.54) is 4.57 Å². The number of hydrogen-bond donors (Lipinski definition) is 1. The van der Waals surface area contributed by atoms with E-state index in [1.807, 2.05) is 0 Å². The van der Waals surface area contributed by atoms with Crippen molar-refractivity contribution in [2.45, 2.75) is 26.4 Å². The van der Waals surface area contributed by atoms with E-state index < -0.39 is 19.4 Å². The Morgan fingerprint density at radius 3 is 2.84 bits per heavy atom. The third kappa shape index (κ3) is 2.87. The predicted molar refractivity (Wildman–Crippen MR) is 71.4 cm³/mol. The second-order valence-corrected chi connectivity index (χ2v) is 4.99. The van der Waals surface area contributed by atoms with Gasteiger partial charge in [-0.15, -0.1) is 0 Å². The van der Waals surface area contributed by atoms with Crippen LogP contribution in [0.3, 0.4) is 0 Å². The number of carbonyl (C=O) groups excluding carboxylic acids is 1. The van der Waals surface area contributed by atoms with Gasteiger partial charge in [-0.05, 0) is 32.9 Å². The van der Waals surface area contributed by atoms with E-state index in [4.69, 9.17) is 14.4 Å². The predicted octanol–water partition coefficient (Wildman–Crippen LogP) is 1.46. The number of hydrogen-bond acceptors (Lipinski definition) is 5. The minimum atomic E-state index is -0.626. The summed E-state index contributed by atoms with van der Waals surface area (Å²) in [7, 11) is -0.529. The van der Waals surface area contributed by atoms with Crippen LogP contribution in [0.2, 0.25) is 0 Å². The lowest BCUT2D eigenvalue weighted by atomic mass is 10.2. The van der Waals surface area contributed by atoms with E-state index in [1.54, 1.807) is 45.2 Å². The maximum absolute atomic E-state index is 12.2. The Hall–Kier alpha value is -2.02. The lowest BCUT2D eigenvalue weighted by Crippen LogP contribution is -2.27. The molecule has 0 aliphatic rings. The molecule has 0 unspecified atom stereocenters. The topological polar surface area (TPSA) is 73.6 Å². The Balaban J connectivity index is 2.50. The number of ether oxygens (including phenoxy) is 1. The Bertz CT molecular complexity index is 603. The van der Waals surface area contributed by atoms with Crippen LogP contribution in [0, 0.1) is 0 Å². The maximum atomic E-state index is 12.2. The summed E-state index contributed by atoms with van der Waals surface area (Å²) in [6.45, 7) is 5.32. The molecule has 0 fully saturated rings. The third-order valence-electron chi connectivity index (χ3n) is 2.32. The Morgan fingerprint density at radius 1 is 1.47 bits per heavy atom. The van der Waals surface area contributed by atoms with Crippen molar-refractivity contribution in [3.63, 3.8) is 0 Å². The van der Waals surface area contributed by atoms with Crippen molar-refractivity contribution in [3.8, 4) is 5.88 Å². The molecular weight excluding hydrogens is 247 g/mol. The van der Waals surface area contributed by atoms with Gasteiger partial charge in [0, 0.05) is 17.6 Å². The molecule has 19 heavy (non-hydrogen) atoms. The van der Waals surface area contributed by atoms with Gasteiger partial charge in [-0.25, -0.2) is 9.78 Å². The van der Waals surface area contributed by atoms with Gasteiger partial charge in [-0.2, -0.15) is 4.57 Å². The summed E-state index contributed by atoms with van der Waals surface area (Å²) in [5.41, 5.74) is -0.195. The van der Waals surface area contributed by atoms with Crippen molar-refractivity contribution < 1.29 is 19.2 Å². The zero-order valence-electron chi connectivity index (χ0n) is 11.1. The number of carbonyl (C=O) groups is 1. The highest BCUT2D eigenvalue weighted by molar-refractivity contribution is 6.17. The van der Waals surface area contributed by atoms with E-state index in [9.17, 15) is 4.79 Å². The fraction of sp³-hybridized carbons (Fsp3) is 0.333. The third-order valence-corrected chi connectivity index (χ3v) is 2.32. The van der Waals surface area contributed by atoms with Gasteiger partial charge in [0.2, 0.25) is 0 Å². The molecule has 7 heteroatoms. The molecule has 2 aromatic heterocycles. The molecule has 0 aromatic carbocycles. The number of aromatic nitrogens is 2. The van der Waals surface area contributed by atoms with Gasteiger partial charge in [-0.1, -0.05) is 0 Å². The summed E-state index contributed by atoms with van der Waals surface area (Å²) in [4.78, 5) is 16.3. The fourth-order valence-electron chi connectivity index (χ4n) is 1.67. The van der Waals surface area contributed by atoms with E-state index in [-0.39, 0.29) is 5.88 Å². The van der Waals surface area contributed by atoms with Gasteiger partial charge < -0.3 is 14.4 Å². The van der Waals surface area contributed by atoms with Gasteiger partial charge in [0.05, 0.1) is 0 Å². The monoisotopic (exact) mass is 262 g/mol. The molecule has 0 aliphatic carbocycles. The Kier molecular flexibility index (Phi) is 3.48. The van der Waals surface area contributed by atoms with Crippen LogP contribution in [-0.4, -0.2) is 34.0 Å². The molecule has 0 saturated carbocycles. The molecule has 1 N–H and O–H groups in total. The first-order valence-electron chi connectivity index (χ1n) is 5.86. The highest BCUT2D eigenvalue weighted by Crippen LogP contribution is 2.25. The van der Waals surface area contributed by atoms with Crippen LogP contribution in [0.15, 0.2) is 24.4 Å². The summed E-state index contributed by atoms with van der Waals surface area (Å²) in [5.74, 6) is 0.199.